The normalized spacial score (nSPS) is 13.7. The van der Waals surface area contributed by atoms with E-state index in [1.165, 1.54) is 29.1 Å². The van der Waals surface area contributed by atoms with Gasteiger partial charge >= 0.3 is 12.3 Å². The lowest BCUT2D eigenvalue weighted by Gasteiger charge is -2.23. The highest BCUT2D eigenvalue weighted by atomic mass is 19.4. The van der Waals surface area contributed by atoms with Gasteiger partial charge in [-0.15, -0.1) is 4.99 Å². The number of hydrogen-bond donors (Lipinski definition) is 0. The van der Waals surface area contributed by atoms with E-state index in [1.807, 2.05) is 60.7 Å². The van der Waals surface area contributed by atoms with Crippen LogP contribution in [0.2, 0.25) is 0 Å². The van der Waals surface area contributed by atoms with Gasteiger partial charge < -0.3 is 28.1 Å². The maximum atomic E-state index is 15.9. The summed E-state index contributed by atoms with van der Waals surface area (Å²) in [4.78, 5) is 36.1. The van der Waals surface area contributed by atoms with Crippen LogP contribution in [0.3, 0.4) is 0 Å². The van der Waals surface area contributed by atoms with E-state index >= 15 is 4.39 Å². The number of benzene rings is 4. The summed E-state index contributed by atoms with van der Waals surface area (Å²) in [6, 6.07) is 29.6. The third-order valence-electron chi connectivity index (χ3n) is 10.6. The number of fused-ring (bicyclic) bond motifs is 1. The van der Waals surface area contributed by atoms with E-state index in [9.17, 15) is 22.8 Å². The highest BCUT2D eigenvalue weighted by Crippen LogP contribution is 2.44. The molecule has 0 spiro atoms. The molecule has 0 radical (unpaired) electrons. The zero-order valence-corrected chi connectivity index (χ0v) is 37.3. The van der Waals surface area contributed by atoms with Crippen molar-refractivity contribution in [1.82, 2.24) is 23.9 Å². The van der Waals surface area contributed by atoms with Crippen molar-refractivity contribution in [3.05, 3.63) is 172 Å². The zero-order valence-electron chi connectivity index (χ0n) is 37.3. The Balaban J connectivity index is 1.17. The number of alkyl halides is 3. The van der Waals surface area contributed by atoms with E-state index in [0.717, 1.165) is 11.1 Å². The Morgan fingerprint density at radius 2 is 1.51 bits per heavy atom. The lowest BCUT2D eigenvalue weighted by atomic mass is 9.91. The number of aryl methyl sites for hydroxylation is 2. The number of carbonyl (C=O) groups excluding carboxylic acids is 2. The van der Waals surface area contributed by atoms with Gasteiger partial charge in [-0.2, -0.15) is 23.3 Å². The van der Waals surface area contributed by atoms with Crippen LogP contribution in [0.1, 0.15) is 66.0 Å². The average Bonchev–Trinajstić information content (AvgIpc) is 3.90. The number of carbonyl (C=O) groups is 2. The van der Waals surface area contributed by atoms with Crippen LogP contribution in [0.4, 0.5) is 22.4 Å². The smallest absolute Gasteiger partial charge is 0.437 e. The van der Waals surface area contributed by atoms with Crippen molar-refractivity contribution in [2.75, 3.05) is 6.61 Å². The minimum Gasteiger partial charge on any atom is -0.487 e. The van der Waals surface area contributed by atoms with Crippen LogP contribution in [-0.4, -0.2) is 48.0 Å². The predicted octanol–water partition coefficient (Wildman–Crippen LogP) is 10.6. The fraction of sp³-hybridized carbons (Fsp3) is 0.235. The topological polar surface area (TPSA) is 124 Å². The monoisotopic (exact) mass is 914 g/mol. The summed E-state index contributed by atoms with van der Waals surface area (Å²) in [5, 5.41) is 3.82. The Morgan fingerprint density at radius 1 is 0.821 bits per heavy atom. The van der Waals surface area contributed by atoms with Gasteiger partial charge in [0, 0.05) is 66.1 Å². The largest absolute Gasteiger partial charge is 0.487 e. The lowest BCUT2D eigenvalue weighted by molar-refractivity contribution is -0.141. The van der Waals surface area contributed by atoms with Gasteiger partial charge in [-0.25, -0.2) is 9.18 Å². The molecule has 7 aromatic rings. The van der Waals surface area contributed by atoms with Gasteiger partial charge in [0.25, 0.3) is 0 Å². The summed E-state index contributed by atoms with van der Waals surface area (Å²) in [5.41, 5.74) is 1.20. The quantitative estimate of drug-likeness (QED) is 0.0877. The molecule has 4 heterocycles. The van der Waals surface area contributed by atoms with Crippen molar-refractivity contribution in [3.63, 3.8) is 0 Å². The van der Waals surface area contributed by atoms with Crippen molar-refractivity contribution in [2.45, 2.75) is 65.8 Å². The van der Waals surface area contributed by atoms with Crippen LogP contribution in [0.15, 0.2) is 132 Å². The highest BCUT2D eigenvalue weighted by Gasteiger charge is 2.39. The molecule has 3 aromatic heterocycles. The summed E-state index contributed by atoms with van der Waals surface area (Å²) in [7, 11) is 1.67. The average molecular weight is 915 g/mol. The first-order chi connectivity index (χ1) is 32.0. The number of halogens is 4. The first-order valence-corrected chi connectivity index (χ1v) is 21.4. The number of aromatic nitrogens is 5. The molecular weight excluding hydrogens is 869 g/mol. The Morgan fingerprint density at radius 3 is 2.18 bits per heavy atom. The van der Waals surface area contributed by atoms with Gasteiger partial charge in [0.15, 0.2) is 11.5 Å². The lowest BCUT2D eigenvalue weighted by Crippen LogP contribution is -2.29. The van der Waals surface area contributed by atoms with Crippen LogP contribution in [0.25, 0.3) is 28.3 Å². The van der Waals surface area contributed by atoms with Gasteiger partial charge in [-0.1, -0.05) is 66.7 Å². The second-order valence-corrected chi connectivity index (χ2v) is 16.8. The van der Waals surface area contributed by atoms with E-state index in [2.05, 4.69) is 15.1 Å². The molecule has 16 heteroatoms. The molecule has 0 unspecified atom stereocenters. The van der Waals surface area contributed by atoms with E-state index in [1.54, 1.807) is 86.6 Å². The first kappa shape index (κ1) is 45.8. The maximum Gasteiger partial charge on any atom is 0.437 e. The number of rotatable bonds is 12. The van der Waals surface area contributed by atoms with E-state index in [4.69, 9.17) is 18.9 Å². The molecule has 0 atom stereocenters. The van der Waals surface area contributed by atoms with Crippen molar-refractivity contribution < 1.29 is 46.1 Å². The van der Waals surface area contributed by atoms with Crippen LogP contribution in [0, 0.1) is 5.82 Å². The van der Waals surface area contributed by atoms with Gasteiger partial charge in [0.2, 0.25) is 17.4 Å². The van der Waals surface area contributed by atoms with E-state index in [0.29, 0.717) is 16.7 Å². The Hall–Kier alpha value is -7.75. The van der Waals surface area contributed by atoms with Crippen molar-refractivity contribution in [3.8, 4) is 39.8 Å². The number of imidazole rings is 1. The highest BCUT2D eigenvalue weighted by molar-refractivity contribution is 6.15. The molecule has 12 nitrogen and oxygen atoms in total. The zero-order chi connectivity index (χ0) is 47.5. The molecule has 1 amide bonds. The summed E-state index contributed by atoms with van der Waals surface area (Å²) >= 11 is 0. The van der Waals surface area contributed by atoms with E-state index in [-0.39, 0.29) is 83.9 Å². The summed E-state index contributed by atoms with van der Waals surface area (Å²) in [6.07, 6.45) is 0.450. The number of ether oxygens (including phenoxy) is 4. The number of pyridine rings is 1. The Bertz CT molecular complexity index is 3060. The van der Waals surface area contributed by atoms with Gasteiger partial charge in [-0.3, -0.25) is 9.48 Å². The standard InChI is InChI=1S/C51H46F4N6O6/c1-6-61-28-41(46(58-61)51(53,54)55)39-25-35(27-60-22-21-59(5)48(60)57-49(63)67-50(2,3)4)26-40-44(62)36(31-65-45(39)40)23-34-17-19-42(52)38(24-34)37-18-20-43(64-29-32-13-9-7-10-14-32)56-47(37)66-30-33-15-11-8-12-16-33/h7-26,28H,6,27,29-31H2,1-5H3/b36-23+,57-48-. The van der Waals surface area contributed by atoms with Crippen LogP contribution < -0.4 is 19.8 Å². The molecule has 67 heavy (non-hydrogen) atoms. The molecule has 1 aliphatic heterocycles. The van der Waals surface area contributed by atoms with Crippen LogP contribution >= 0.6 is 0 Å². The maximum absolute atomic E-state index is 15.9. The summed E-state index contributed by atoms with van der Waals surface area (Å²) < 4.78 is 87.8. The van der Waals surface area contributed by atoms with Crippen LogP contribution in [0.5, 0.6) is 17.5 Å². The van der Waals surface area contributed by atoms with Gasteiger partial charge in [-0.05, 0) is 86.4 Å². The van der Waals surface area contributed by atoms with Crippen molar-refractivity contribution in [1.29, 1.82) is 0 Å². The summed E-state index contributed by atoms with van der Waals surface area (Å²) in [5.74, 6) is -0.768. The second kappa shape index (κ2) is 19.0. The van der Waals surface area contributed by atoms with Crippen LogP contribution in [-0.2, 0) is 44.3 Å². The summed E-state index contributed by atoms with van der Waals surface area (Å²) in [6.45, 7) is 6.99. The fourth-order valence-electron chi connectivity index (χ4n) is 7.45. The molecule has 344 valence electrons. The molecule has 0 saturated carbocycles. The second-order valence-electron chi connectivity index (χ2n) is 16.8. The van der Waals surface area contributed by atoms with Gasteiger partial charge in [0.05, 0.1) is 12.1 Å². The predicted molar refractivity (Wildman–Crippen MR) is 242 cm³/mol. The molecule has 0 N–H and O–H groups in total. The SMILES string of the molecule is CCn1cc(-c2cc(Cn3ccn(C)/c3=N/C(=O)OC(C)(C)C)cc3c2OC/C(=C\c2ccc(F)c(-c4ccc(OCc5ccccc5)nc4OCc4ccccc4)c2)C3=O)c(C(F)(F)F)n1. The number of hydrogen-bond acceptors (Lipinski definition) is 8. The van der Waals surface area contributed by atoms with E-state index < -0.39 is 35.2 Å². The molecule has 8 rings (SSSR count). The Kier molecular flexibility index (Phi) is 13.0. The number of ketones is 1. The number of nitrogens with zero attached hydrogens (tertiary/aromatic N) is 6. The molecular formula is C51H46F4N6O6. The first-order valence-electron chi connectivity index (χ1n) is 21.4. The number of amides is 1. The van der Waals surface area contributed by atoms with Crippen molar-refractivity contribution >= 4 is 18.0 Å². The fourth-order valence-corrected chi connectivity index (χ4v) is 7.45. The molecule has 1 aliphatic rings. The molecule has 0 fully saturated rings. The minimum absolute atomic E-state index is 0.00115. The van der Waals surface area contributed by atoms with Crippen molar-refractivity contribution in [2.24, 2.45) is 12.0 Å². The number of Topliss-reactive ketones (excluding diaryl/α,β-unsaturated/α-hetero) is 1. The third-order valence-corrected chi connectivity index (χ3v) is 10.6. The Labute approximate surface area is 383 Å². The van der Waals surface area contributed by atoms with Gasteiger partial charge in [0.1, 0.15) is 37.0 Å². The molecule has 4 aromatic carbocycles. The molecule has 0 bridgehead atoms. The minimum atomic E-state index is -4.84. The molecule has 0 saturated heterocycles. The third kappa shape index (κ3) is 10.7. The molecule has 0 aliphatic carbocycles.